The van der Waals surface area contributed by atoms with E-state index >= 15 is 0 Å². The standard InChI is InChI=1S/C32H63NO9/c1-3-5-7-9-10-11-12-13-14-15-17-18-20-25(35)28(37)24(33-27(36)21-19-16-8-6-4-2)23-41-32-31(40)30(39)29(38)26(22-34)42-32/h24-26,28-32,34-35,37-40H,3-23H2,1-2H3,(H,33,36)/t24-,25-,26-,28-,29+,30+,31-,32+/m1/s1. The summed E-state index contributed by atoms with van der Waals surface area (Å²) in [6.45, 7) is 3.45. The Bertz CT molecular complexity index is 653. The van der Waals surface area contributed by atoms with Crippen molar-refractivity contribution in [1.82, 2.24) is 5.32 Å². The second-order valence-electron chi connectivity index (χ2n) is 12.1. The van der Waals surface area contributed by atoms with Crippen LogP contribution in [0.25, 0.3) is 0 Å². The maximum Gasteiger partial charge on any atom is 0.220 e. The highest BCUT2D eigenvalue weighted by molar-refractivity contribution is 5.76. The molecule has 0 aliphatic carbocycles. The molecule has 7 N–H and O–H groups in total. The van der Waals surface area contributed by atoms with Gasteiger partial charge in [-0.15, -0.1) is 0 Å². The third-order valence-electron chi connectivity index (χ3n) is 8.30. The van der Waals surface area contributed by atoms with Gasteiger partial charge in [0.1, 0.15) is 30.5 Å². The van der Waals surface area contributed by atoms with Crippen LogP contribution in [-0.2, 0) is 14.3 Å². The van der Waals surface area contributed by atoms with Crippen LogP contribution in [0.5, 0.6) is 0 Å². The molecule has 0 spiro atoms. The Morgan fingerprint density at radius 3 is 1.76 bits per heavy atom. The Kier molecular flexibility index (Phi) is 22.8. The molecule has 0 unspecified atom stereocenters. The van der Waals surface area contributed by atoms with Crippen LogP contribution in [0.15, 0.2) is 0 Å². The Hall–Kier alpha value is -0.850. The predicted octanol–water partition coefficient (Wildman–Crippen LogP) is 3.46. The molecule has 1 heterocycles. The van der Waals surface area contributed by atoms with E-state index in [0.29, 0.717) is 12.8 Å². The van der Waals surface area contributed by atoms with Gasteiger partial charge >= 0.3 is 0 Å². The van der Waals surface area contributed by atoms with E-state index in [2.05, 4.69) is 19.2 Å². The van der Waals surface area contributed by atoms with Crippen molar-refractivity contribution >= 4 is 5.91 Å². The normalized spacial score (nSPS) is 24.8. The van der Waals surface area contributed by atoms with E-state index < -0.39 is 55.6 Å². The molecule has 1 rings (SSSR count). The first-order chi connectivity index (χ1) is 20.3. The number of amides is 1. The fourth-order valence-electron chi connectivity index (χ4n) is 5.43. The molecule has 0 aromatic heterocycles. The minimum absolute atomic E-state index is 0.273. The van der Waals surface area contributed by atoms with Crippen molar-refractivity contribution in [2.24, 2.45) is 0 Å². The van der Waals surface area contributed by atoms with Gasteiger partial charge in [0.25, 0.3) is 0 Å². The largest absolute Gasteiger partial charge is 0.394 e. The first-order valence-electron chi connectivity index (χ1n) is 16.8. The van der Waals surface area contributed by atoms with Crippen molar-refractivity contribution in [3.63, 3.8) is 0 Å². The average molecular weight is 606 g/mol. The molecule has 1 saturated heterocycles. The van der Waals surface area contributed by atoms with E-state index in [1.165, 1.54) is 51.4 Å². The van der Waals surface area contributed by atoms with Crippen molar-refractivity contribution in [1.29, 1.82) is 0 Å². The minimum atomic E-state index is -1.60. The summed E-state index contributed by atoms with van der Waals surface area (Å²) in [7, 11) is 0. The molecule has 1 fully saturated rings. The Balaban J connectivity index is 2.52. The van der Waals surface area contributed by atoms with E-state index in [9.17, 15) is 35.4 Å². The number of ether oxygens (including phenoxy) is 2. The maximum absolute atomic E-state index is 12.6. The Morgan fingerprint density at radius 1 is 0.738 bits per heavy atom. The molecular formula is C32H63NO9. The number of hydrogen-bond donors (Lipinski definition) is 7. The van der Waals surface area contributed by atoms with Crippen molar-refractivity contribution < 1.29 is 44.9 Å². The van der Waals surface area contributed by atoms with Gasteiger partial charge in [0.15, 0.2) is 6.29 Å². The quantitative estimate of drug-likeness (QED) is 0.0730. The molecule has 0 bridgehead atoms. The van der Waals surface area contributed by atoms with Crippen LogP contribution in [0.4, 0.5) is 0 Å². The zero-order valence-electron chi connectivity index (χ0n) is 26.4. The molecular weight excluding hydrogens is 542 g/mol. The van der Waals surface area contributed by atoms with Crippen molar-refractivity contribution in [3.05, 3.63) is 0 Å². The Morgan fingerprint density at radius 2 is 1.24 bits per heavy atom. The highest BCUT2D eigenvalue weighted by Crippen LogP contribution is 2.23. The lowest BCUT2D eigenvalue weighted by Crippen LogP contribution is -2.60. The second kappa shape index (κ2) is 24.5. The van der Waals surface area contributed by atoms with Crippen LogP contribution in [0.3, 0.4) is 0 Å². The highest BCUT2D eigenvalue weighted by Gasteiger charge is 2.44. The van der Waals surface area contributed by atoms with Gasteiger partial charge in [0, 0.05) is 6.42 Å². The number of hydrogen-bond acceptors (Lipinski definition) is 9. The maximum atomic E-state index is 12.6. The topological polar surface area (TPSA) is 169 Å². The summed E-state index contributed by atoms with van der Waals surface area (Å²) in [5, 5.41) is 64.2. The molecule has 1 aliphatic heterocycles. The van der Waals surface area contributed by atoms with E-state index in [4.69, 9.17) is 9.47 Å². The first kappa shape index (κ1) is 39.2. The molecule has 0 aromatic carbocycles. The van der Waals surface area contributed by atoms with Gasteiger partial charge in [-0.25, -0.2) is 0 Å². The first-order valence-corrected chi connectivity index (χ1v) is 16.8. The number of unbranched alkanes of at least 4 members (excludes halogenated alkanes) is 15. The van der Waals surface area contributed by atoms with Crippen LogP contribution in [0.1, 0.15) is 136 Å². The highest BCUT2D eigenvalue weighted by atomic mass is 16.7. The number of carbonyl (C=O) groups excluding carboxylic acids is 1. The van der Waals surface area contributed by atoms with Crippen LogP contribution in [-0.4, -0.2) is 98.7 Å². The summed E-state index contributed by atoms with van der Waals surface area (Å²) in [5.74, 6) is -0.273. The van der Waals surface area contributed by atoms with Crippen LogP contribution >= 0.6 is 0 Å². The van der Waals surface area contributed by atoms with E-state index in [-0.39, 0.29) is 18.9 Å². The third kappa shape index (κ3) is 16.3. The summed E-state index contributed by atoms with van der Waals surface area (Å²) in [5.41, 5.74) is 0. The lowest BCUT2D eigenvalue weighted by molar-refractivity contribution is -0.303. The molecule has 0 aromatic rings. The molecule has 0 saturated carbocycles. The molecule has 42 heavy (non-hydrogen) atoms. The second-order valence-corrected chi connectivity index (χ2v) is 12.1. The molecule has 8 atom stereocenters. The predicted molar refractivity (Wildman–Crippen MR) is 163 cm³/mol. The summed E-state index contributed by atoms with van der Waals surface area (Å²) in [6, 6.07) is -0.979. The van der Waals surface area contributed by atoms with Crippen LogP contribution in [0, 0.1) is 0 Å². The van der Waals surface area contributed by atoms with Gasteiger partial charge in [-0.1, -0.05) is 117 Å². The van der Waals surface area contributed by atoms with Gasteiger partial charge in [0.2, 0.25) is 5.91 Å². The molecule has 1 amide bonds. The average Bonchev–Trinajstić information content (AvgIpc) is 2.98. The summed E-state index contributed by atoms with van der Waals surface area (Å²) < 4.78 is 11.0. The monoisotopic (exact) mass is 605 g/mol. The van der Waals surface area contributed by atoms with Crippen molar-refractivity contribution in [3.8, 4) is 0 Å². The van der Waals surface area contributed by atoms with Gasteiger partial charge in [-0.2, -0.15) is 0 Å². The summed E-state index contributed by atoms with van der Waals surface area (Å²) in [4.78, 5) is 12.6. The molecule has 1 aliphatic rings. The fraction of sp³-hybridized carbons (Fsp3) is 0.969. The van der Waals surface area contributed by atoms with Crippen LogP contribution < -0.4 is 5.32 Å². The zero-order chi connectivity index (χ0) is 31.2. The number of aliphatic hydroxyl groups excluding tert-OH is 6. The summed E-state index contributed by atoms with van der Waals surface area (Å²) in [6.07, 6.45) is 10.3. The van der Waals surface area contributed by atoms with Gasteiger partial charge in [0.05, 0.1) is 25.4 Å². The van der Waals surface area contributed by atoms with Gasteiger partial charge < -0.3 is 45.4 Å². The Labute approximate surface area is 254 Å². The molecule has 10 nitrogen and oxygen atoms in total. The number of carbonyl (C=O) groups is 1. The smallest absolute Gasteiger partial charge is 0.220 e. The third-order valence-corrected chi connectivity index (χ3v) is 8.30. The number of rotatable bonds is 26. The molecule has 10 heteroatoms. The fourth-order valence-corrected chi connectivity index (χ4v) is 5.43. The zero-order valence-corrected chi connectivity index (χ0v) is 26.4. The SMILES string of the molecule is CCCCCCCCCCCCCC[C@@H](O)[C@H](O)[C@@H](CO[C@H]1O[C@H](CO)[C@H](O)[C@H](O)[C@H]1O)NC(=O)CCCCCCC. The van der Waals surface area contributed by atoms with Crippen molar-refractivity contribution in [2.75, 3.05) is 13.2 Å². The molecule has 250 valence electrons. The number of aliphatic hydroxyl groups is 6. The van der Waals surface area contributed by atoms with Crippen LogP contribution in [0.2, 0.25) is 0 Å². The minimum Gasteiger partial charge on any atom is -0.394 e. The van der Waals surface area contributed by atoms with Gasteiger partial charge in [-0.05, 0) is 12.8 Å². The number of nitrogens with one attached hydrogen (secondary N) is 1. The lowest BCUT2D eigenvalue weighted by atomic mass is 9.98. The van der Waals surface area contributed by atoms with E-state index in [1.54, 1.807) is 0 Å². The molecule has 0 radical (unpaired) electrons. The van der Waals surface area contributed by atoms with E-state index in [1.807, 2.05) is 0 Å². The lowest BCUT2D eigenvalue weighted by Gasteiger charge is -2.40. The van der Waals surface area contributed by atoms with Crippen molar-refractivity contribution in [2.45, 2.75) is 185 Å². The van der Waals surface area contributed by atoms with Gasteiger partial charge in [-0.3, -0.25) is 4.79 Å². The summed E-state index contributed by atoms with van der Waals surface area (Å²) >= 11 is 0. The van der Waals surface area contributed by atoms with E-state index in [0.717, 1.165) is 51.4 Å².